The minimum absolute atomic E-state index is 0.0238. The third kappa shape index (κ3) is 6.57. The summed E-state index contributed by atoms with van der Waals surface area (Å²) in [6.45, 7) is 12.1. The molecule has 0 aromatic heterocycles. The number of nitrogens with one attached hydrogen (secondary N) is 2. The number of likely N-dealkylation sites (N-methyl/N-ethyl adjacent to an activating group) is 1. The van der Waals surface area contributed by atoms with Crippen molar-refractivity contribution in [2.45, 2.75) is 121 Å². The van der Waals surface area contributed by atoms with E-state index >= 15 is 0 Å². The molecule has 7 aliphatic rings. The van der Waals surface area contributed by atoms with Crippen LogP contribution in [-0.2, 0) is 23.9 Å². The molecule has 7 fully saturated rings. The van der Waals surface area contributed by atoms with Crippen molar-refractivity contribution >= 4 is 29.6 Å². The van der Waals surface area contributed by atoms with Gasteiger partial charge in [-0.15, -0.1) is 13.2 Å². The smallest absolute Gasteiger partial charge is 0.410 e. The molecule has 0 aromatic carbocycles. The number of amides is 4. The van der Waals surface area contributed by atoms with Gasteiger partial charge in [0.2, 0.25) is 17.6 Å². The summed E-state index contributed by atoms with van der Waals surface area (Å²) < 4.78 is 6.45. The van der Waals surface area contributed by atoms with E-state index in [4.69, 9.17) is 4.74 Å². The quantitative estimate of drug-likeness (QED) is 0.216. The van der Waals surface area contributed by atoms with Crippen LogP contribution in [0.4, 0.5) is 4.79 Å². The summed E-state index contributed by atoms with van der Waals surface area (Å²) in [5.74, 6) is -0.266. The first-order valence-corrected chi connectivity index (χ1v) is 18.5. The minimum Gasteiger partial charge on any atom is -0.443 e. The molecule has 4 bridgehead atoms. The number of allylic oxidation sites excluding steroid dienone is 1. The van der Waals surface area contributed by atoms with Gasteiger partial charge in [-0.3, -0.25) is 24.1 Å². The zero-order valence-electron chi connectivity index (χ0n) is 29.2. The Morgan fingerprint density at radius 1 is 0.958 bits per heavy atom. The van der Waals surface area contributed by atoms with Crippen molar-refractivity contribution in [2.75, 3.05) is 20.1 Å². The number of Topliss-reactive ketones (excluding diaryl/α,β-unsaturated/α-hetero) is 1. The average molecular weight is 665 g/mol. The number of carbonyl (C=O) groups excluding carboxylic acids is 5. The van der Waals surface area contributed by atoms with Crippen molar-refractivity contribution in [3.8, 4) is 0 Å². The molecule has 2 N–H and O–H groups in total. The van der Waals surface area contributed by atoms with E-state index in [0.717, 1.165) is 51.4 Å². The standard InChI is InChI=1S/C38H56N4O6/c1-6-8-14-28(32(43)34(45)39-15-7-2)40-33(44)31-29-27(37(29,3)4)22-42(31)35(46)30(26-12-10-9-11-13-26)41(5)36(47)48-38-19-23-16-24(20-38)18-25(17-23)21-38/h6-7,23-31H,1-2,8-22H2,3-5H3,(H,39,45)(H,40,44)/t23?,24?,25?,27?,28-,29+,30+,31+,38?/m1/s1. The first kappa shape index (κ1) is 34.7. The Hall–Kier alpha value is -3.17. The number of likely N-dealkylation sites (tertiary alicyclic amines) is 1. The van der Waals surface area contributed by atoms with Crippen LogP contribution in [0.15, 0.2) is 25.3 Å². The third-order valence-electron chi connectivity index (χ3n) is 13.0. The predicted octanol–water partition coefficient (Wildman–Crippen LogP) is 4.78. The average Bonchev–Trinajstić information content (AvgIpc) is 3.35. The molecule has 1 saturated heterocycles. The number of carbonyl (C=O) groups is 5. The van der Waals surface area contributed by atoms with Gasteiger partial charge in [-0.05, 0) is 105 Å². The summed E-state index contributed by atoms with van der Waals surface area (Å²) in [4.78, 5) is 72.0. The molecule has 0 aromatic rings. The molecule has 6 aliphatic carbocycles. The van der Waals surface area contributed by atoms with E-state index in [2.05, 4.69) is 37.6 Å². The van der Waals surface area contributed by atoms with Crippen LogP contribution in [0.1, 0.15) is 97.3 Å². The van der Waals surface area contributed by atoms with Crippen LogP contribution < -0.4 is 10.6 Å². The van der Waals surface area contributed by atoms with Crippen molar-refractivity contribution < 1.29 is 28.7 Å². The van der Waals surface area contributed by atoms with Gasteiger partial charge in [-0.25, -0.2) is 4.79 Å². The molecule has 7 rings (SSSR count). The van der Waals surface area contributed by atoms with Gasteiger partial charge in [-0.1, -0.05) is 45.3 Å². The third-order valence-corrected chi connectivity index (χ3v) is 13.0. The summed E-state index contributed by atoms with van der Waals surface area (Å²) in [6, 6.07) is -2.58. The molecule has 5 atom stereocenters. The number of nitrogens with zero attached hydrogens (tertiary/aromatic N) is 2. The SMILES string of the molecule is C=CCC[C@@H](NC(=O)[C@@H]1[C@@H]2C(CN1C(=O)[C@H](C1CCCCC1)N(C)C(=O)OC13CC4CC(CC(C4)C1)C3)C2(C)C)C(=O)C(=O)NCC=C. The van der Waals surface area contributed by atoms with E-state index in [-0.39, 0.29) is 42.0 Å². The Morgan fingerprint density at radius 2 is 1.58 bits per heavy atom. The van der Waals surface area contributed by atoms with Gasteiger partial charge in [0.25, 0.3) is 5.91 Å². The Kier molecular flexibility index (Phi) is 9.84. The van der Waals surface area contributed by atoms with Gasteiger partial charge in [0.05, 0.1) is 6.04 Å². The maximum atomic E-state index is 14.8. The molecular formula is C38H56N4O6. The highest BCUT2D eigenvalue weighted by Crippen LogP contribution is 2.65. The fourth-order valence-electron chi connectivity index (χ4n) is 10.9. The first-order valence-electron chi connectivity index (χ1n) is 18.5. The fourth-order valence-corrected chi connectivity index (χ4v) is 10.9. The lowest BCUT2D eigenvalue weighted by molar-refractivity contribution is -0.150. The molecule has 10 heteroatoms. The molecule has 4 amide bonds. The van der Waals surface area contributed by atoms with Gasteiger partial charge >= 0.3 is 6.09 Å². The summed E-state index contributed by atoms with van der Waals surface area (Å²) in [6.07, 6.45) is 14.6. The Morgan fingerprint density at radius 3 is 2.17 bits per heavy atom. The molecular weight excluding hydrogens is 608 g/mol. The number of ether oxygens (including phenoxy) is 1. The van der Waals surface area contributed by atoms with E-state index in [1.54, 1.807) is 22.9 Å². The first-order chi connectivity index (χ1) is 22.9. The number of rotatable bonds is 13. The number of fused-ring (bicyclic) bond motifs is 1. The van der Waals surface area contributed by atoms with Crippen LogP contribution in [0, 0.1) is 40.9 Å². The van der Waals surface area contributed by atoms with Gasteiger partial charge in [-0.2, -0.15) is 0 Å². The van der Waals surface area contributed by atoms with Crippen LogP contribution >= 0.6 is 0 Å². The maximum Gasteiger partial charge on any atom is 0.410 e. The second-order valence-corrected chi connectivity index (χ2v) is 16.6. The van der Waals surface area contributed by atoms with Crippen LogP contribution in [0.5, 0.6) is 0 Å². The molecule has 264 valence electrons. The Labute approximate surface area is 285 Å². The molecule has 6 saturated carbocycles. The second-order valence-electron chi connectivity index (χ2n) is 16.6. The van der Waals surface area contributed by atoms with Crippen molar-refractivity contribution in [1.82, 2.24) is 20.4 Å². The Balaban J connectivity index is 1.22. The lowest BCUT2D eigenvalue weighted by Gasteiger charge is -2.56. The van der Waals surface area contributed by atoms with E-state index in [1.807, 2.05) is 0 Å². The van der Waals surface area contributed by atoms with Gasteiger partial charge in [0.1, 0.15) is 17.7 Å². The minimum atomic E-state index is -1.05. The normalized spacial score (nSPS) is 33.9. The summed E-state index contributed by atoms with van der Waals surface area (Å²) in [5, 5.41) is 5.38. The van der Waals surface area contributed by atoms with Crippen LogP contribution in [0.25, 0.3) is 0 Å². The summed E-state index contributed by atoms with van der Waals surface area (Å²) in [5.41, 5.74) is -0.572. The van der Waals surface area contributed by atoms with Gasteiger partial charge in [0.15, 0.2) is 0 Å². The molecule has 48 heavy (non-hydrogen) atoms. The molecule has 0 spiro atoms. The van der Waals surface area contributed by atoms with E-state index in [1.165, 1.54) is 25.3 Å². The van der Waals surface area contributed by atoms with Crippen LogP contribution in [0.2, 0.25) is 0 Å². The highest BCUT2D eigenvalue weighted by Gasteiger charge is 2.70. The monoisotopic (exact) mass is 664 g/mol. The number of hydrogen-bond acceptors (Lipinski definition) is 6. The van der Waals surface area contributed by atoms with Crippen LogP contribution in [-0.4, -0.2) is 83.3 Å². The second kappa shape index (κ2) is 13.6. The lowest BCUT2D eigenvalue weighted by Crippen LogP contribution is -2.60. The molecule has 1 aliphatic heterocycles. The number of piperidine rings is 1. The largest absolute Gasteiger partial charge is 0.443 e. The summed E-state index contributed by atoms with van der Waals surface area (Å²) in [7, 11) is 1.71. The predicted molar refractivity (Wildman–Crippen MR) is 181 cm³/mol. The molecule has 1 unspecified atom stereocenters. The Bertz CT molecular complexity index is 1280. The van der Waals surface area contributed by atoms with Gasteiger partial charge in [0, 0.05) is 20.1 Å². The van der Waals surface area contributed by atoms with Crippen molar-refractivity contribution in [3.63, 3.8) is 0 Å². The summed E-state index contributed by atoms with van der Waals surface area (Å²) >= 11 is 0. The number of hydrogen-bond donors (Lipinski definition) is 2. The van der Waals surface area contributed by atoms with Crippen molar-refractivity contribution in [3.05, 3.63) is 25.3 Å². The number of ketones is 1. The molecule has 0 radical (unpaired) electrons. The van der Waals surface area contributed by atoms with E-state index < -0.39 is 47.4 Å². The topological polar surface area (TPSA) is 125 Å². The van der Waals surface area contributed by atoms with Gasteiger partial charge < -0.3 is 20.3 Å². The zero-order chi connectivity index (χ0) is 34.4. The molecule has 10 nitrogen and oxygen atoms in total. The van der Waals surface area contributed by atoms with Crippen molar-refractivity contribution in [2.24, 2.45) is 40.9 Å². The lowest BCUT2D eigenvalue weighted by atomic mass is 9.54. The van der Waals surface area contributed by atoms with Crippen molar-refractivity contribution in [1.29, 1.82) is 0 Å². The zero-order valence-corrected chi connectivity index (χ0v) is 29.2. The van der Waals surface area contributed by atoms with E-state index in [0.29, 0.717) is 30.7 Å². The fraction of sp³-hybridized carbons (Fsp3) is 0.763. The van der Waals surface area contributed by atoms with Crippen LogP contribution in [0.3, 0.4) is 0 Å². The highest BCUT2D eigenvalue weighted by molar-refractivity contribution is 6.38. The highest BCUT2D eigenvalue weighted by atomic mass is 16.6. The van der Waals surface area contributed by atoms with E-state index in [9.17, 15) is 24.0 Å². The molecule has 1 heterocycles. The maximum absolute atomic E-state index is 14.8.